The predicted octanol–water partition coefficient (Wildman–Crippen LogP) is 2.16. The van der Waals surface area contributed by atoms with Crippen LogP contribution in [0.2, 0.25) is 5.02 Å². The van der Waals surface area contributed by atoms with Crippen molar-refractivity contribution in [3.05, 3.63) is 23.2 Å². The normalized spacial score (nSPS) is 25.2. The van der Waals surface area contributed by atoms with Crippen LogP contribution in [0.5, 0.6) is 0 Å². The van der Waals surface area contributed by atoms with Crippen LogP contribution in [0.25, 0.3) is 0 Å². The van der Waals surface area contributed by atoms with Crippen LogP contribution in [0.1, 0.15) is 46.0 Å². The molecule has 1 aromatic carbocycles. The summed E-state index contributed by atoms with van der Waals surface area (Å²) in [4.78, 5) is 14.2. The van der Waals surface area contributed by atoms with Crippen molar-refractivity contribution in [1.29, 1.82) is 0 Å². The van der Waals surface area contributed by atoms with Gasteiger partial charge in [0.1, 0.15) is 0 Å². The average Bonchev–Trinajstić information content (AvgIpc) is 2.69. The van der Waals surface area contributed by atoms with Crippen molar-refractivity contribution in [2.24, 2.45) is 5.92 Å². The van der Waals surface area contributed by atoms with E-state index in [1.54, 1.807) is 6.07 Å². The lowest BCUT2D eigenvalue weighted by Crippen LogP contribution is -3.17. The van der Waals surface area contributed by atoms with E-state index in [1.807, 2.05) is 6.92 Å². The molecule has 0 saturated carbocycles. The standard InChI is InChI=1S/C20H30ClN3O3S/c1-15-7-6-10-23(14-15)16(2)20(25)22-19-13-17(8-9-18(19)21)28(26,27)24-11-4-3-5-12-24/h8-9,13,15-16H,3-7,10-12,14H2,1-2H3,(H,22,25)/p+1/t15-,16+/m1/s1. The first-order valence-electron chi connectivity index (χ1n) is 10.2. The Balaban J connectivity index is 1.75. The SMILES string of the molecule is C[C@@H]1CCC[NH+]([C@@H](C)C(=O)Nc2cc(S(=O)(=O)N3CCCCC3)ccc2Cl)C1. The molecule has 6 nitrogen and oxygen atoms in total. The molecule has 3 rings (SSSR count). The van der Waals surface area contributed by atoms with E-state index < -0.39 is 10.0 Å². The molecule has 0 radical (unpaired) electrons. The van der Waals surface area contributed by atoms with Crippen molar-refractivity contribution in [3.8, 4) is 0 Å². The van der Waals surface area contributed by atoms with E-state index in [9.17, 15) is 13.2 Å². The predicted molar refractivity (Wildman–Crippen MR) is 111 cm³/mol. The molecule has 2 heterocycles. The molecule has 1 aromatic rings. The Hall–Kier alpha value is -1.15. The minimum absolute atomic E-state index is 0.126. The maximum atomic E-state index is 12.9. The fourth-order valence-electron chi connectivity index (χ4n) is 4.16. The maximum absolute atomic E-state index is 12.9. The van der Waals surface area contributed by atoms with Gasteiger partial charge in [0.15, 0.2) is 6.04 Å². The summed E-state index contributed by atoms with van der Waals surface area (Å²) in [6, 6.07) is 4.35. The van der Waals surface area contributed by atoms with E-state index in [0.717, 1.165) is 38.8 Å². The molecular weight excluding hydrogens is 398 g/mol. The van der Waals surface area contributed by atoms with Gasteiger partial charge in [0.2, 0.25) is 10.0 Å². The molecule has 2 aliphatic heterocycles. The summed E-state index contributed by atoms with van der Waals surface area (Å²) in [5.74, 6) is 0.485. The van der Waals surface area contributed by atoms with Crippen LogP contribution in [0.3, 0.4) is 0 Å². The molecule has 2 aliphatic rings. The fraction of sp³-hybridized carbons (Fsp3) is 0.650. The summed E-state index contributed by atoms with van der Waals surface area (Å²) in [5.41, 5.74) is 0.362. The van der Waals surface area contributed by atoms with Crippen LogP contribution in [-0.4, -0.2) is 50.9 Å². The molecule has 3 atom stereocenters. The number of likely N-dealkylation sites (tertiary alicyclic amines) is 1. The van der Waals surface area contributed by atoms with E-state index >= 15 is 0 Å². The Morgan fingerprint density at radius 3 is 2.64 bits per heavy atom. The van der Waals surface area contributed by atoms with Crippen LogP contribution in [-0.2, 0) is 14.8 Å². The third-order valence-corrected chi connectivity index (χ3v) is 8.18. The van der Waals surface area contributed by atoms with Crippen molar-refractivity contribution >= 4 is 33.2 Å². The number of hydrogen-bond acceptors (Lipinski definition) is 3. The Bertz CT molecular complexity index is 809. The summed E-state index contributed by atoms with van der Waals surface area (Å²) in [6.07, 6.45) is 5.15. The summed E-state index contributed by atoms with van der Waals surface area (Å²) in [6.45, 7) is 7.18. The molecule has 28 heavy (non-hydrogen) atoms. The van der Waals surface area contributed by atoms with E-state index in [2.05, 4.69) is 12.2 Å². The van der Waals surface area contributed by atoms with Gasteiger partial charge in [-0.25, -0.2) is 8.42 Å². The number of sulfonamides is 1. The second kappa shape index (κ2) is 9.11. The van der Waals surface area contributed by atoms with Crippen LogP contribution in [0.4, 0.5) is 5.69 Å². The van der Waals surface area contributed by atoms with Gasteiger partial charge in [0.25, 0.3) is 5.91 Å². The molecule has 0 spiro atoms. The zero-order valence-electron chi connectivity index (χ0n) is 16.7. The molecule has 0 aromatic heterocycles. The highest BCUT2D eigenvalue weighted by Gasteiger charge is 2.30. The number of anilines is 1. The maximum Gasteiger partial charge on any atom is 0.282 e. The number of benzene rings is 1. The first-order valence-corrected chi connectivity index (χ1v) is 12.1. The number of carbonyl (C=O) groups is 1. The van der Waals surface area contributed by atoms with Crippen LogP contribution in [0.15, 0.2) is 23.1 Å². The minimum atomic E-state index is -3.57. The summed E-state index contributed by atoms with van der Waals surface area (Å²) in [7, 11) is -3.57. The Labute approximate surface area is 173 Å². The monoisotopic (exact) mass is 428 g/mol. The highest BCUT2D eigenvalue weighted by atomic mass is 35.5. The van der Waals surface area contributed by atoms with Crippen molar-refractivity contribution in [2.45, 2.75) is 56.9 Å². The van der Waals surface area contributed by atoms with E-state index in [4.69, 9.17) is 11.6 Å². The lowest BCUT2D eigenvalue weighted by atomic mass is 9.99. The first kappa shape index (κ1) is 21.6. The molecule has 2 N–H and O–H groups in total. The van der Waals surface area contributed by atoms with Gasteiger partial charge in [-0.15, -0.1) is 0 Å². The van der Waals surface area contributed by atoms with Gasteiger partial charge in [-0.1, -0.05) is 24.9 Å². The van der Waals surface area contributed by atoms with Crippen molar-refractivity contribution in [3.63, 3.8) is 0 Å². The quantitative estimate of drug-likeness (QED) is 0.754. The number of nitrogens with one attached hydrogen (secondary N) is 2. The smallest absolute Gasteiger partial charge is 0.282 e. The van der Waals surface area contributed by atoms with E-state index in [0.29, 0.717) is 29.7 Å². The number of piperidine rings is 2. The molecule has 2 fully saturated rings. The lowest BCUT2D eigenvalue weighted by Gasteiger charge is -2.31. The largest absolute Gasteiger partial charge is 0.325 e. The number of hydrogen-bond donors (Lipinski definition) is 2. The van der Waals surface area contributed by atoms with Gasteiger partial charge in [-0.2, -0.15) is 4.31 Å². The number of halogens is 1. The lowest BCUT2D eigenvalue weighted by molar-refractivity contribution is -0.922. The van der Waals surface area contributed by atoms with Gasteiger partial charge in [-0.05, 0) is 50.8 Å². The van der Waals surface area contributed by atoms with Crippen LogP contribution >= 0.6 is 11.6 Å². The molecule has 0 aliphatic carbocycles. The summed E-state index contributed by atoms with van der Waals surface area (Å²) in [5, 5.41) is 3.21. The number of quaternary nitrogens is 1. The fourth-order valence-corrected chi connectivity index (χ4v) is 5.87. The third-order valence-electron chi connectivity index (χ3n) is 5.96. The molecule has 1 amide bonds. The third kappa shape index (κ3) is 4.87. The molecule has 156 valence electrons. The van der Waals surface area contributed by atoms with Crippen LogP contribution < -0.4 is 10.2 Å². The molecule has 1 unspecified atom stereocenters. The highest BCUT2D eigenvalue weighted by Crippen LogP contribution is 2.28. The zero-order chi connectivity index (χ0) is 20.3. The van der Waals surface area contributed by atoms with Gasteiger partial charge in [-0.3, -0.25) is 4.79 Å². The molecule has 2 saturated heterocycles. The Kier molecular flexibility index (Phi) is 7.02. The van der Waals surface area contributed by atoms with Crippen LogP contribution in [0, 0.1) is 5.92 Å². The second-order valence-electron chi connectivity index (χ2n) is 8.18. The number of carbonyl (C=O) groups excluding carboxylic acids is 1. The van der Waals surface area contributed by atoms with Crippen molar-refractivity contribution in [1.82, 2.24) is 4.31 Å². The van der Waals surface area contributed by atoms with E-state index in [-0.39, 0.29) is 16.8 Å². The van der Waals surface area contributed by atoms with Crippen molar-refractivity contribution < 1.29 is 18.1 Å². The Morgan fingerprint density at radius 1 is 1.25 bits per heavy atom. The highest BCUT2D eigenvalue weighted by molar-refractivity contribution is 7.89. The average molecular weight is 429 g/mol. The number of rotatable bonds is 5. The molecule has 0 bridgehead atoms. The topological polar surface area (TPSA) is 70.9 Å². The minimum Gasteiger partial charge on any atom is -0.325 e. The Morgan fingerprint density at radius 2 is 1.96 bits per heavy atom. The number of nitrogens with zero attached hydrogens (tertiary/aromatic N) is 1. The summed E-state index contributed by atoms with van der Waals surface area (Å²) >= 11 is 6.26. The van der Waals surface area contributed by atoms with Crippen molar-refractivity contribution in [2.75, 3.05) is 31.5 Å². The number of amides is 1. The van der Waals surface area contributed by atoms with Gasteiger partial charge in [0, 0.05) is 19.0 Å². The van der Waals surface area contributed by atoms with Gasteiger partial charge >= 0.3 is 0 Å². The zero-order valence-corrected chi connectivity index (χ0v) is 18.3. The van der Waals surface area contributed by atoms with E-state index in [1.165, 1.54) is 27.8 Å². The molecular formula is C20H31ClN3O3S+. The molecule has 8 heteroatoms. The van der Waals surface area contributed by atoms with Gasteiger partial charge in [0.05, 0.1) is 28.7 Å². The second-order valence-corrected chi connectivity index (χ2v) is 10.5. The first-order chi connectivity index (χ1) is 13.3. The summed E-state index contributed by atoms with van der Waals surface area (Å²) < 4.78 is 27.4. The van der Waals surface area contributed by atoms with Gasteiger partial charge < -0.3 is 10.2 Å².